The van der Waals surface area contributed by atoms with Crippen molar-refractivity contribution in [1.29, 1.82) is 0 Å². The van der Waals surface area contributed by atoms with Crippen LogP contribution in [-0.2, 0) is 19.4 Å². The SMILES string of the molecule is O=C(NC(C(=O)N1CCN(C(=O)COc2ccccc2F)CC1)S(=O)(=O)c1ccc(Cl)cc1)c1ccco1. The second-order valence-electron chi connectivity index (χ2n) is 8.25. The molecule has 1 saturated heterocycles. The van der Waals surface area contributed by atoms with Crippen molar-refractivity contribution in [1.82, 2.24) is 15.1 Å². The largest absolute Gasteiger partial charge is 0.481 e. The van der Waals surface area contributed by atoms with Crippen LogP contribution in [0.3, 0.4) is 0 Å². The summed E-state index contributed by atoms with van der Waals surface area (Å²) in [6.45, 7) is -0.210. The summed E-state index contributed by atoms with van der Waals surface area (Å²) in [4.78, 5) is 41.1. The van der Waals surface area contributed by atoms with E-state index in [2.05, 4.69) is 5.32 Å². The first-order chi connectivity index (χ1) is 18.2. The fourth-order valence-electron chi connectivity index (χ4n) is 3.76. The minimum absolute atomic E-state index is 0.00747. The second-order valence-corrected chi connectivity index (χ2v) is 10.7. The van der Waals surface area contributed by atoms with E-state index >= 15 is 0 Å². The number of benzene rings is 2. The molecule has 0 spiro atoms. The van der Waals surface area contributed by atoms with Gasteiger partial charge < -0.3 is 24.3 Å². The summed E-state index contributed by atoms with van der Waals surface area (Å²) in [6, 6.07) is 13.7. The van der Waals surface area contributed by atoms with Gasteiger partial charge in [-0.25, -0.2) is 12.8 Å². The Morgan fingerprint density at radius 2 is 1.63 bits per heavy atom. The number of amides is 3. The number of sulfone groups is 1. The summed E-state index contributed by atoms with van der Waals surface area (Å²) in [5, 5.41) is 0.613. The lowest BCUT2D eigenvalue weighted by atomic mass is 10.3. The number of rotatable bonds is 8. The van der Waals surface area contributed by atoms with E-state index in [9.17, 15) is 27.2 Å². The quantitative estimate of drug-likeness (QED) is 0.446. The van der Waals surface area contributed by atoms with Gasteiger partial charge in [0.2, 0.25) is 15.2 Å². The van der Waals surface area contributed by atoms with Crippen LogP contribution in [0.25, 0.3) is 0 Å². The molecule has 10 nitrogen and oxygen atoms in total. The van der Waals surface area contributed by atoms with Gasteiger partial charge >= 0.3 is 0 Å². The molecule has 0 saturated carbocycles. The first kappa shape index (κ1) is 27.1. The number of hydrogen-bond donors (Lipinski definition) is 1. The topological polar surface area (TPSA) is 126 Å². The Bertz CT molecular complexity index is 1410. The Balaban J connectivity index is 1.45. The lowest BCUT2D eigenvalue weighted by Crippen LogP contribution is -2.58. The van der Waals surface area contributed by atoms with Gasteiger partial charge in [0.15, 0.2) is 23.9 Å². The number of ether oxygens (including phenoxy) is 1. The highest BCUT2D eigenvalue weighted by molar-refractivity contribution is 7.92. The fraction of sp³-hybridized carbons (Fsp3) is 0.240. The monoisotopic (exact) mass is 563 g/mol. The Morgan fingerprint density at radius 3 is 2.26 bits per heavy atom. The molecule has 38 heavy (non-hydrogen) atoms. The summed E-state index contributed by atoms with van der Waals surface area (Å²) < 4.78 is 50.8. The summed E-state index contributed by atoms with van der Waals surface area (Å²) >= 11 is 5.87. The van der Waals surface area contributed by atoms with E-state index in [1.54, 1.807) is 6.07 Å². The van der Waals surface area contributed by atoms with Crippen molar-refractivity contribution >= 4 is 39.2 Å². The highest BCUT2D eigenvalue weighted by atomic mass is 35.5. The smallest absolute Gasteiger partial charge is 0.288 e. The number of carbonyl (C=O) groups is 3. The molecular formula is C25H23ClFN3O7S. The molecule has 2 heterocycles. The van der Waals surface area contributed by atoms with Crippen LogP contribution in [0.5, 0.6) is 5.75 Å². The fourth-order valence-corrected chi connectivity index (χ4v) is 5.36. The van der Waals surface area contributed by atoms with E-state index < -0.39 is 45.4 Å². The number of halogens is 2. The number of carbonyl (C=O) groups excluding carboxylic acids is 3. The molecule has 1 aliphatic rings. The Labute approximate surface area is 222 Å². The van der Waals surface area contributed by atoms with Crippen LogP contribution >= 0.6 is 11.6 Å². The maximum Gasteiger partial charge on any atom is 0.288 e. The minimum atomic E-state index is -4.39. The van der Waals surface area contributed by atoms with Crippen molar-refractivity contribution in [3.8, 4) is 5.75 Å². The number of nitrogens with one attached hydrogen (secondary N) is 1. The van der Waals surface area contributed by atoms with Gasteiger partial charge in [0, 0.05) is 31.2 Å². The highest BCUT2D eigenvalue weighted by Crippen LogP contribution is 2.21. The number of piperazine rings is 1. The summed E-state index contributed by atoms with van der Waals surface area (Å²) in [7, 11) is -4.39. The van der Waals surface area contributed by atoms with E-state index in [-0.39, 0.29) is 42.6 Å². The molecule has 1 aliphatic heterocycles. The average molecular weight is 564 g/mol. The van der Waals surface area contributed by atoms with Gasteiger partial charge in [0.05, 0.1) is 11.2 Å². The molecule has 1 unspecified atom stereocenters. The van der Waals surface area contributed by atoms with Gasteiger partial charge in [-0.1, -0.05) is 23.7 Å². The number of para-hydroxylation sites is 1. The number of nitrogens with zero attached hydrogens (tertiary/aromatic N) is 2. The van der Waals surface area contributed by atoms with Gasteiger partial charge in [-0.3, -0.25) is 14.4 Å². The third-order valence-electron chi connectivity index (χ3n) is 5.82. The van der Waals surface area contributed by atoms with Gasteiger partial charge in [0.1, 0.15) is 0 Å². The average Bonchev–Trinajstić information content (AvgIpc) is 3.46. The number of furan rings is 1. The second kappa shape index (κ2) is 11.7. The van der Waals surface area contributed by atoms with Gasteiger partial charge in [-0.15, -0.1) is 0 Å². The zero-order valence-corrected chi connectivity index (χ0v) is 21.5. The third kappa shape index (κ3) is 6.14. The standard InChI is InChI=1S/C25H23ClFN3O7S/c26-17-7-9-18(10-8-17)38(34,35)24(28-23(32)21-6-3-15-36-21)25(33)30-13-11-29(12-14-30)22(31)16-37-20-5-2-1-4-19(20)27/h1-10,15,24H,11-14,16H2,(H,28,32). The van der Waals surface area contributed by atoms with Crippen LogP contribution in [0.15, 0.2) is 76.2 Å². The van der Waals surface area contributed by atoms with Gasteiger partial charge in [-0.05, 0) is 48.5 Å². The number of hydrogen-bond acceptors (Lipinski definition) is 7. The Kier molecular flexibility index (Phi) is 8.32. The van der Waals surface area contributed by atoms with Crippen LogP contribution in [0.4, 0.5) is 4.39 Å². The third-order valence-corrected chi connectivity index (χ3v) is 7.94. The van der Waals surface area contributed by atoms with E-state index in [1.807, 2.05) is 0 Å². The van der Waals surface area contributed by atoms with E-state index in [4.69, 9.17) is 20.8 Å². The molecule has 4 rings (SSSR count). The summed E-state index contributed by atoms with van der Waals surface area (Å²) in [6.07, 6.45) is 1.24. The van der Waals surface area contributed by atoms with Crippen LogP contribution in [-0.4, -0.2) is 74.1 Å². The Hall–Kier alpha value is -3.90. The molecule has 1 aromatic heterocycles. The molecule has 3 aromatic rings. The van der Waals surface area contributed by atoms with Gasteiger partial charge in [-0.2, -0.15) is 0 Å². The van der Waals surface area contributed by atoms with Crippen molar-refractivity contribution in [2.75, 3.05) is 32.8 Å². The lowest BCUT2D eigenvalue weighted by Gasteiger charge is -2.36. The van der Waals surface area contributed by atoms with Crippen molar-refractivity contribution in [2.24, 2.45) is 0 Å². The molecule has 13 heteroatoms. The van der Waals surface area contributed by atoms with Crippen molar-refractivity contribution in [3.63, 3.8) is 0 Å². The first-order valence-corrected chi connectivity index (χ1v) is 13.4. The predicted octanol–water partition coefficient (Wildman–Crippen LogP) is 2.35. The Morgan fingerprint density at radius 1 is 0.974 bits per heavy atom. The summed E-state index contributed by atoms with van der Waals surface area (Å²) in [5.74, 6) is -2.99. The minimum Gasteiger partial charge on any atom is -0.481 e. The molecule has 0 aliphatic carbocycles. The van der Waals surface area contributed by atoms with Crippen LogP contribution in [0, 0.1) is 5.82 Å². The van der Waals surface area contributed by atoms with Crippen molar-refractivity contribution in [2.45, 2.75) is 10.3 Å². The van der Waals surface area contributed by atoms with Crippen molar-refractivity contribution < 1.29 is 36.3 Å². The van der Waals surface area contributed by atoms with Crippen LogP contribution < -0.4 is 10.1 Å². The molecule has 2 aromatic carbocycles. The van der Waals surface area contributed by atoms with Crippen LogP contribution in [0.1, 0.15) is 10.6 Å². The van der Waals surface area contributed by atoms with E-state index in [0.29, 0.717) is 5.02 Å². The zero-order valence-electron chi connectivity index (χ0n) is 19.9. The lowest BCUT2D eigenvalue weighted by molar-refractivity contribution is -0.140. The molecule has 3 amide bonds. The van der Waals surface area contributed by atoms with Crippen LogP contribution in [0.2, 0.25) is 5.02 Å². The maximum atomic E-state index is 13.7. The predicted molar refractivity (Wildman–Crippen MR) is 134 cm³/mol. The first-order valence-electron chi connectivity index (χ1n) is 11.4. The van der Waals surface area contributed by atoms with E-state index in [1.165, 1.54) is 70.7 Å². The molecular weight excluding hydrogens is 541 g/mol. The maximum absolute atomic E-state index is 13.7. The molecule has 1 atom stereocenters. The normalized spacial score (nSPS) is 14.6. The summed E-state index contributed by atoms with van der Waals surface area (Å²) in [5.41, 5.74) is 0. The molecule has 0 bridgehead atoms. The molecule has 200 valence electrons. The highest BCUT2D eigenvalue weighted by Gasteiger charge is 2.40. The van der Waals surface area contributed by atoms with E-state index in [0.717, 1.165) is 0 Å². The molecule has 1 N–H and O–H groups in total. The van der Waals surface area contributed by atoms with Gasteiger partial charge in [0.25, 0.3) is 17.7 Å². The van der Waals surface area contributed by atoms with Crippen molar-refractivity contribution in [3.05, 3.63) is 83.5 Å². The molecule has 1 fully saturated rings. The zero-order chi connectivity index (χ0) is 27.3. The molecule has 0 radical (unpaired) electrons.